The number of carbonyl (C=O) groups excluding carboxylic acids is 4. The minimum Gasteiger partial charge on any atom is -0.480 e. The van der Waals surface area contributed by atoms with Gasteiger partial charge in [-0.1, -0.05) is 18.2 Å². The topological polar surface area (TPSA) is 294 Å². The first kappa shape index (κ1) is 32.5. The highest BCUT2D eigenvalue weighted by atomic mass is 16.4. The lowest BCUT2D eigenvalue weighted by atomic mass is 10.0. The van der Waals surface area contributed by atoms with Gasteiger partial charge in [0.2, 0.25) is 23.6 Å². The van der Waals surface area contributed by atoms with E-state index in [1.807, 2.05) is 12.1 Å². The average Bonchev–Trinajstić information content (AvgIpc) is 3.31. The Bertz CT molecular complexity index is 1270. The summed E-state index contributed by atoms with van der Waals surface area (Å²) >= 11 is 0. The highest BCUT2D eigenvalue weighted by Gasteiger charge is 2.32. The summed E-state index contributed by atoms with van der Waals surface area (Å²) < 4.78 is 0. The highest BCUT2D eigenvalue weighted by molar-refractivity contribution is 5.95. The van der Waals surface area contributed by atoms with E-state index in [2.05, 4.69) is 25.9 Å². The number of hydrogen-bond donors (Lipinski definition) is 10. The van der Waals surface area contributed by atoms with Crippen molar-refractivity contribution in [2.45, 2.75) is 62.9 Å². The Labute approximate surface area is 235 Å². The van der Waals surface area contributed by atoms with E-state index >= 15 is 0 Å². The molecule has 0 bridgehead atoms. The number of nitrogens with one attached hydrogen (secondary N) is 4. The van der Waals surface area contributed by atoms with Crippen LogP contribution in [-0.2, 0) is 30.4 Å². The molecule has 0 aliphatic carbocycles. The van der Waals surface area contributed by atoms with E-state index in [9.17, 15) is 34.2 Å². The third-order valence-corrected chi connectivity index (χ3v) is 6.15. The fraction of sp³-hybridized carbons (Fsp3) is 0.440. The number of aromatic amines is 1. The average molecular weight is 576 g/mol. The summed E-state index contributed by atoms with van der Waals surface area (Å²) in [4.78, 5) is 69.1. The number of carboxylic acid groups (broad SMARTS) is 1. The van der Waals surface area contributed by atoms with Gasteiger partial charge >= 0.3 is 5.97 Å². The molecule has 1 heterocycles. The molecule has 16 nitrogen and oxygen atoms in total. The lowest BCUT2D eigenvalue weighted by Gasteiger charge is -2.25. The SMILES string of the molecule is CC(O)C(N)C(=O)NC(CCCN=C(N)N)C(=O)NC(Cc1c[nH]c2ccccc12)C(=O)NC(CC(N)=O)C(=O)O. The number of H-pyrrole nitrogens is 1. The summed E-state index contributed by atoms with van der Waals surface area (Å²) in [5.41, 5.74) is 22.9. The van der Waals surface area contributed by atoms with Gasteiger partial charge in [-0.05, 0) is 31.4 Å². The predicted molar refractivity (Wildman–Crippen MR) is 149 cm³/mol. The molecule has 1 aromatic carbocycles. The Morgan fingerprint density at radius 3 is 2.17 bits per heavy atom. The summed E-state index contributed by atoms with van der Waals surface area (Å²) in [6, 6.07) is 1.68. The van der Waals surface area contributed by atoms with Crippen molar-refractivity contribution in [3.8, 4) is 0 Å². The second kappa shape index (κ2) is 15.2. The van der Waals surface area contributed by atoms with Gasteiger partial charge in [-0.2, -0.15) is 0 Å². The molecule has 2 rings (SSSR count). The summed E-state index contributed by atoms with van der Waals surface area (Å²) in [5, 5.41) is 27.2. The number of fused-ring (bicyclic) bond motifs is 1. The predicted octanol–water partition coefficient (Wildman–Crippen LogP) is -3.11. The second-order valence-corrected chi connectivity index (χ2v) is 9.47. The number of carboxylic acids is 1. The molecule has 0 spiro atoms. The van der Waals surface area contributed by atoms with Crippen molar-refractivity contribution in [2.75, 3.05) is 6.54 Å². The Kier molecular flexibility index (Phi) is 12.0. The third kappa shape index (κ3) is 10.1. The van der Waals surface area contributed by atoms with E-state index in [0.29, 0.717) is 5.56 Å². The van der Waals surface area contributed by atoms with Gasteiger partial charge in [0.1, 0.15) is 24.2 Å². The number of hydrogen-bond acceptors (Lipinski definition) is 8. The van der Waals surface area contributed by atoms with E-state index in [1.165, 1.54) is 6.92 Å². The maximum atomic E-state index is 13.4. The smallest absolute Gasteiger partial charge is 0.326 e. The van der Waals surface area contributed by atoms with Crippen molar-refractivity contribution in [1.82, 2.24) is 20.9 Å². The number of aromatic nitrogens is 1. The van der Waals surface area contributed by atoms with E-state index in [-0.39, 0.29) is 31.8 Å². The quantitative estimate of drug-likeness (QED) is 0.0545. The van der Waals surface area contributed by atoms with Gasteiger partial charge in [0.05, 0.1) is 12.5 Å². The number of nitrogens with two attached hydrogens (primary N) is 4. The maximum Gasteiger partial charge on any atom is 0.326 e. The molecule has 5 unspecified atom stereocenters. The molecular weight excluding hydrogens is 538 g/mol. The number of nitrogens with zero attached hydrogens (tertiary/aromatic N) is 1. The van der Waals surface area contributed by atoms with Crippen LogP contribution in [0.1, 0.15) is 31.7 Å². The number of aliphatic hydroxyl groups is 1. The molecule has 0 aliphatic rings. The van der Waals surface area contributed by atoms with Crippen LogP contribution in [0.3, 0.4) is 0 Å². The van der Waals surface area contributed by atoms with E-state index in [0.717, 1.165) is 10.9 Å². The number of carbonyl (C=O) groups is 5. The van der Waals surface area contributed by atoms with Gasteiger partial charge in [-0.3, -0.25) is 24.2 Å². The Balaban J connectivity index is 2.35. The van der Waals surface area contributed by atoms with Gasteiger partial charge in [0.15, 0.2) is 5.96 Å². The number of benzene rings is 1. The molecule has 0 saturated carbocycles. The zero-order valence-corrected chi connectivity index (χ0v) is 22.5. The fourth-order valence-electron chi connectivity index (χ4n) is 3.93. The minimum absolute atomic E-state index is 0.0295. The zero-order valence-electron chi connectivity index (χ0n) is 22.5. The number of aliphatic imine (C=N–C) groups is 1. The molecule has 14 N–H and O–H groups in total. The van der Waals surface area contributed by atoms with Crippen molar-refractivity contribution in [1.29, 1.82) is 0 Å². The maximum absolute atomic E-state index is 13.4. The van der Waals surface area contributed by atoms with E-state index < -0.39 is 66.3 Å². The van der Waals surface area contributed by atoms with Crippen LogP contribution in [-0.4, -0.2) is 87.6 Å². The molecule has 1 aromatic heterocycles. The summed E-state index contributed by atoms with van der Waals surface area (Å²) in [7, 11) is 0. The van der Waals surface area contributed by atoms with Crippen LogP contribution < -0.4 is 38.9 Å². The Morgan fingerprint density at radius 1 is 0.951 bits per heavy atom. The summed E-state index contributed by atoms with van der Waals surface area (Å²) in [5.74, 6) is -5.11. The second-order valence-electron chi connectivity index (χ2n) is 9.47. The number of amides is 4. The van der Waals surface area contributed by atoms with Gasteiger partial charge in [0.25, 0.3) is 0 Å². The molecule has 41 heavy (non-hydrogen) atoms. The number of guanidine groups is 1. The van der Waals surface area contributed by atoms with Gasteiger partial charge < -0.3 is 54.1 Å². The lowest BCUT2D eigenvalue weighted by Crippen LogP contribution is -2.58. The molecule has 4 amide bonds. The third-order valence-electron chi connectivity index (χ3n) is 6.15. The van der Waals surface area contributed by atoms with Crippen LogP contribution in [0.4, 0.5) is 0 Å². The van der Waals surface area contributed by atoms with Gasteiger partial charge in [0, 0.05) is 30.1 Å². The van der Waals surface area contributed by atoms with Crippen LogP contribution in [0.5, 0.6) is 0 Å². The van der Waals surface area contributed by atoms with Gasteiger partial charge in [-0.25, -0.2) is 4.79 Å². The van der Waals surface area contributed by atoms with Crippen molar-refractivity contribution in [3.63, 3.8) is 0 Å². The normalized spacial score (nSPS) is 14.6. The molecule has 0 saturated heterocycles. The van der Waals surface area contributed by atoms with Crippen LogP contribution >= 0.6 is 0 Å². The number of aliphatic hydroxyl groups excluding tert-OH is 1. The zero-order chi connectivity index (χ0) is 30.7. The summed E-state index contributed by atoms with van der Waals surface area (Å²) in [6.07, 6.45) is -0.0346. The lowest BCUT2D eigenvalue weighted by molar-refractivity contribution is -0.143. The van der Waals surface area contributed by atoms with Crippen molar-refractivity contribution < 1.29 is 34.2 Å². The van der Waals surface area contributed by atoms with Crippen LogP contribution in [0, 0.1) is 0 Å². The molecular formula is C25H37N9O7. The minimum atomic E-state index is -1.64. The number of para-hydroxylation sites is 1. The number of rotatable bonds is 16. The highest BCUT2D eigenvalue weighted by Crippen LogP contribution is 2.19. The monoisotopic (exact) mass is 575 g/mol. The molecule has 16 heteroatoms. The van der Waals surface area contributed by atoms with E-state index in [1.54, 1.807) is 18.3 Å². The van der Waals surface area contributed by atoms with Crippen LogP contribution in [0.2, 0.25) is 0 Å². The Morgan fingerprint density at radius 2 is 1.56 bits per heavy atom. The largest absolute Gasteiger partial charge is 0.480 e. The first-order valence-electron chi connectivity index (χ1n) is 12.8. The van der Waals surface area contributed by atoms with Gasteiger partial charge in [-0.15, -0.1) is 0 Å². The molecule has 2 aromatic rings. The molecule has 0 aliphatic heterocycles. The number of primary amides is 1. The Hall–Kier alpha value is -4.70. The van der Waals surface area contributed by atoms with E-state index in [4.69, 9.17) is 22.9 Å². The molecule has 0 radical (unpaired) electrons. The molecule has 224 valence electrons. The number of aliphatic carboxylic acids is 1. The first-order valence-corrected chi connectivity index (χ1v) is 12.8. The molecule has 0 fully saturated rings. The fourth-order valence-corrected chi connectivity index (χ4v) is 3.93. The van der Waals surface area contributed by atoms with Crippen molar-refractivity contribution >= 4 is 46.5 Å². The van der Waals surface area contributed by atoms with Crippen molar-refractivity contribution in [2.24, 2.45) is 27.9 Å². The molecule has 5 atom stereocenters. The van der Waals surface area contributed by atoms with Crippen LogP contribution in [0.25, 0.3) is 10.9 Å². The standard InChI is InChI=1S/C25H37N9O7/c1-12(35)20(27)23(39)32-16(7-4-8-30-25(28)29)21(37)33-17(22(38)34-18(24(40)41)10-19(26)36)9-13-11-31-15-6-3-2-5-14(13)15/h2-3,5-6,11-12,16-18,20,31,35H,4,7-10,27H2,1H3,(H2,26,36)(H,32,39)(H,33,37)(H,34,38)(H,40,41)(H4,28,29,30). The summed E-state index contributed by atoms with van der Waals surface area (Å²) in [6.45, 7) is 1.45. The first-order chi connectivity index (χ1) is 19.3. The van der Waals surface area contributed by atoms with Crippen molar-refractivity contribution in [3.05, 3.63) is 36.0 Å². The van der Waals surface area contributed by atoms with Crippen LogP contribution in [0.15, 0.2) is 35.5 Å².